The van der Waals surface area contributed by atoms with Gasteiger partial charge in [0.1, 0.15) is 5.82 Å². The molecule has 1 aromatic carbocycles. The van der Waals surface area contributed by atoms with E-state index in [2.05, 4.69) is 84.3 Å². The van der Waals surface area contributed by atoms with Crippen molar-refractivity contribution in [3.8, 4) is 0 Å². The third kappa shape index (κ3) is 6.47. The summed E-state index contributed by atoms with van der Waals surface area (Å²) in [5, 5.41) is 2.99. The van der Waals surface area contributed by atoms with Crippen molar-refractivity contribution in [2.75, 3.05) is 43.9 Å². The molecule has 1 amide bonds. The summed E-state index contributed by atoms with van der Waals surface area (Å²) in [7, 11) is 2.15. The molecule has 29 heavy (non-hydrogen) atoms. The van der Waals surface area contributed by atoms with Crippen LogP contribution in [0.5, 0.6) is 0 Å². The van der Waals surface area contributed by atoms with E-state index < -0.39 is 0 Å². The lowest BCUT2D eigenvalue weighted by Gasteiger charge is -2.33. The van der Waals surface area contributed by atoms with E-state index in [4.69, 9.17) is 0 Å². The maximum absolute atomic E-state index is 12.2. The van der Waals surface area contributed by atoms with Crippen LogP contribution < -0.4 is 10.2 Å². The molecule has 0 spiro atoms. The van der Waals surface area contributed by atoms with Crippen LogP contribution in [0.4, 0.5) is 5.82 Å². The van der Waals surface area contributed by atoms with Crippen LogP contribution in [0.15, 0.2) is 47.5 Å². The zero-order valence-electron chi connectivity index (χ0n) is 17.9. The smallest absolute Gasteiger partial charge is 0.230 e. The van der Waals surface area contributed by atoms with E-state index in [1.54, 1.807) is 11.8 Å². The molecule has 2 heterocycles. The van der Waals surface area contributed by atoms with Crippen LogP contribution in [0.3, 0.4) is 0 Å². The number of rotatable bonds is 6. The van der Waals surface area contributed by atoms with Gasteiger partial charge in [-0.15, -0.1) is 11.8 Å². The molecule has 0 radical (unpaired) electrons. The minimum Gasteiger partial charge on any atom is -0.354 e. The SMILES string of the molecule is CN1CCN(c2ccc(CNC(=O)CSc3ccc(C(C)(C)C)cc3)cn2)CC1. The first-order valence-corrected chi connectivity index (χ1v) is 11.2. The number of benzene rings is 1. The van der Waals surface area contributed by atoms with Gasteiger partial charge >= 0.3 is 0 Å². The van der Waals surface area contributed by atoms with Crippen LogP contribution in [0.25, 0.3) is 0 Å². The topological polar surface area (TPSA) is 48.5 Å². The van der Waals surface area contributed by atoms with Gasteiger partial charge in [-0.3, -0.25) is 4.79 Å². The molecule has 2 aromatic rings. The zero-order valence-corrected chi connectivity index (χ0v) is 18.8. The number of nitrogens with zero attached hydrogens (tertiary/aromatic N) is 3. The number of amides is 1. The van der Waals surface area contributed by atoms with Crippen LogP contribution in [0.1, 0.15) is 31.9 Å². The summed E-state index contributed by atoms with van der Waals surface area (Å²) >= 11 is 1.57. The quantitative estimate of drug-likeness (QED) is 0.736. The number of pyridine rings is 1. The van der Waals surface area contributed by atoms with Gasteiger partial charge in [-0.2, -0.15) is 0 Å². The van der Waals surface area contributed by atoms with Crippen molar-refractivity contribution in [3.63, 3.8) is 0 Å². The standard InChI is InChI=1S/C23H32N4OS/c1-23(2,3)19-6-8-20(9-7-19)29-17-22(28)25-16-18-5-10-21(24-15-18)27-13-11-26(4)12-14-27/h5-10,15H,11-14,16-17H2,1-4H3,(H,25,28). The monoisotopic (exact) mass is 412 g/mol. The average Bonchev–Trinajstić information content (AvgIpc) is 2.71. The number of carbonyl (C=O) groups is 1. The van der Waals surface area contributed by atoms with E-state index in [1.807, 2.05) is 6.20 Å². The zero-order chi connectivity index (χ0) is 20.9. The largest absolute Gasteiger partial charge is 0.354 e. The van der Waals surface area contributed by atoms with Gasteiger partial charge < -0.3 is 15.1 Å². The number of anilines is 1. The summed E-state index contributed by atoms with van der Waals surface area (Å²) < 4.78 is 0. The summed E-state index contributed by atoms with van der Waals surface area (Å²) in [6, 6.07) is 12.6. The highest BCUT2D eigenvalue weighted by molar-refractivity contribution is 8.00. The predicted molar refractivity (Wildman–Crippen MR) is 122 cm³/mol. The van der Waals surface area contributed by atoms with Gasteiger partial charge in [0.05, 0.1) is 5.75 Å². The minimum atomic E-state index is 0.0399. The lowest BCUT2D eigenvalue weighted by atomic mass is 9.87. The van der Waals surface area contributed by atoms with Crippen molar-refractivity contribution in [2.24, 2.45) is 0 Å². The molecule has 0 aliphatic carbocycles. The lowest BCUT2D eigenvalue weighted by molar-refractivity contribution is -0.118. The molecule has 5 nitrogen and oxygen atoms in total. The van der Waals surface area contributed by atoms with Gasteiger partial charge in [-0.1, -0.05) is 39.0 Å². The molecule has 1 fully saturated rings. The second kappa shape index (κ2) is 9.63. The van der Waals surface area contributed by atoms with E-state index >= 15 is 0 Å². The second-order valence-corrected chi connectivity index (χ2v) is 9.70. The van der Waals surface area contributed by atoms with Crippen LogP contribution in [-0.4, -0.2) is 54.8 Å². The fourth-order valence-electron chi connectivity index (χ4n) is 3.20. The third-order valence-corrected chi connectivity index (χ3v) is 6.23. The Balaban J connectivity index is 1.42. The van der Waals surface area contributed by atoms with Crippen LogP contribution in [0, 0.1) is 0 Å². The Morgan fingerprint density at radius 2 is 1.76 bits per heavy atom. The normalized spacial score (nSPS) is 15.4. The second-order valence-electron chi connectivity index (χ2n) is 8.65. The summed E-state index contributed by atoms with van der Waals surface area (Å²) in [6.07, 6.45) is 1.87. The van der Waals surface area contributed by atoms with E-state index in [9.17, 15) is 4.79 Å². The van der Waals surface area contributed by atoms with Crippen molar-refractivity contribution in [3.05, 3.63) is 53.7 Å². The Kier molecular flexibility index (Phi) is 7.19. The van der Waals surface area contributed by atoms with Gasteiger partial charge in [-0.25, -0.2) is 4.98 Å². The van der Waals surface area contributed by atoms with Crippen molar-refractivity contribution in [2.45, 2.75) is 37.6 Å². The Bertz CT molecular complexity index is 791. The van der Waals surface area contributed by atoms with Crippen LogP contribution >= 0.6 is 11.8 Å². The highest BCUT2D eigenvalue weighted by Gasteiger charge is 2.15. The maximum atomic E-state index is 12.2. The third-order valence-electron chi connectivity index (χ3n) is 5.22. The molecule has 0 atom stereocenters. The molecule has 1 saturated heterocycles. The Labute approximate surface area is 178 Å². The fourth-order valence-corrected chi connectivity index (χ4v) is 3.92. The molecule has 1 aliphatic rings. The van der Waals surface area contributed by atoms with Gasteiger partial charge in [0, 0.05) is 43.8 Å². The highest BCUT2D eigenvalue weighted by Crippen LogP contribution is 2.25. The van der Waals surface area contributed by atoms with Crippen molar-refractivity contribution in [1.82, 2.24) is 15.2 Å². The van der Waals surface area contributed by atoms with E-state index in [1.165, 1.54) is 5.56 Å². The molecule has 156 valence electrons. The van der Waals surface area contributed by atoms with Gasteiger partial charge in [-0.05, 0) is 41.8 Å². The van der Waals surface area contributed by atoms with E-state index in [0.29, 0.717) is 12.3 Å². The van der Waals surface area contributed by atoms with Gasteiger partial charge in [0.2, 0.25) is 5.91 Å². The van der Waals surface area contributed by atoms with Crippen molar-refractivity contribution < 1.29 is 4.79 Å². The number of piperazine rings is 1. The maximum Gasteiger partial charge on any atom is 0.230 e. The predicted octanol–water partition coefficient (Wildman–Crippen LogP) is 3.54. The van der Waals surface area contributed by atoms with E-state index in [0.717, 1.165) is 42.5 Å². The molecular weight excluding hydrogens is 380 g/mol. The molecule has 1 aromatic heterocycles. The number of aromatic nitrogens is 1. The molecule has 0 saturated carbocycles. The number of thioether (sulfide) groups is 1. The number of hydrogen-bond donors (Lipinski definition) is 1. The number of nitrogens with one attached hydrogen (secondary N) is 1. The average molecular weight is 413 g/mol. The summed E-state index contributed by atoms with van der Waals surface area (Å²) in [5.41, 5.74) is 2.48. The molecule has 0 unspecified atom stereocenters. The first-order valence-electron chi connectivity index (χ1n) is 10.2. The number of carbonyl (C=O) groups excluding carboxylic acids is 1. The fraction of sp³-hybridized carbons (Fsp3) is 0.478. The van der Waals surface area contributed by atoms with Gasteiger partial charge in [0.15, 0.2) is 0 Å². The van der Waals surface area contributed by atoms with Crippen molar-refractivity contribution in [1.29, 1.82) is 0 Å². The number of hydrogen-bond acceptors (Lipinski definition) is 5. The summed E-state index contributed by atoms with van der Waals surface area (Å²) in [5.74, 6) is 1.47. The lowest BCUT2D eigenvalue weighted by Crippen LogP contribution is -2.44. The van der Waals surface area contributed by atoms with E-state index in [-0.39, 0.29) is 11.3 Å². The molecule has 1 aliphatic heterocycles. The minimum absolute atomic E-state index is 0.0399. The van der Waals surface area contributed by atoms with Crippen molar-refractivity contribution >= 4 is 23.5 Å². The van der Waals surface area contributed by atoms with Crippen LogP contribution in [0.2, 0.25) is 0 Å². The summed E-state index contributed by atoms with van der Waals surface area (Å²) in [6.45, 7) is 11.3. The van der Waals surface area contributed by atoms with Gasteiger partial charge in [0.25, 0.3) is 0 Å². The van der Waals surface area contributed by atoms with Crippen LogP contribution in [-0.2, 0) is 16.8 Å². The molecular formula is C23H32N4OS. The highest BCUT2D eigenvalue weighted by atomic mass is 32.2. The molecule has 1 N–H and O–H groups in total. The molecule has 6 heteroatoms. The Morgan fingerprint density at radius 1 is 1.07 bits per heavy atom. The molecule has 0 bridgehead atoms. The first kappa shape index (κ1) is 21.7. The first-order chi connectivity index (χ1) is 13.8. The Morgan fingerprint density at radius 3 is 2.34 bits per heavy atom. The molecule has 3 rings (SSSR count). The summed E-state index contributed by atoms with van der Waals surface area (Å²) in [4.78, 5) is 22.5. The Hall–Kier alpha value is -2.05. The number of likely N-dealkylation sites (N-methyl/N-ethyl adjacent to an activating group) is 1.